The lowest BCUT2D eigenvalue weighted by molar-refractivity contribution is -0.143. The molecular weight excluding hydrogens is 496 g/mol. The predicted octanol–water partition coefficient (Wildman–Crippen LogP) is 9.10. The van der Waals surface area contributed by atoms with Crippen molar-refractivity contribution in [2.45, 2.75) is 91.9 Å². The maximum atomic E-state index is 11.3. The molecule has 0 N–H and O–H groups in total. The molecule has 0 radical (unpaired) electrons. The Morgan fingerprint density at radius 1 is 0.800 bits per heavy atom. The van der Waals surface area contributed by atoms with Gasteiger partial charge in [0.15, 0.2) is 0 Å². The zero-order valence-corrected chi connectivity index (χ0v) is 25.5. The van der Waals surface area contributed by atoms with Gasteiger partial charge in [-0.15, -0.1) is 0 Å². The van der Waals surface area contributed by atoms with Crippen LogP contribution in [-0.2, 0) is 20.4 Å². The summed E-state index contributed by atoms with van der Waals surface area (Å²) in [7, 11) is 0. The average molecular weight is 541 g/mol. The summed E-state index contributed by atoms with van der Waals surface area (Å²) in [6, 6.07) is 17.0. The second-order valence-electron chi connectivity index (χ2n) is 12.0. The summed E-state index contributed by atoms with van der Waals surface area (Å²) in [5, 5.41) is 2.44. The Balaban J connectivity index is 0.000000236. The van der Waals surface area contributed by atoms with Crippen molar-refractivity contribution in [3.63, 3.8) is 0 Å². The van der Waals surface area contributed by atoms with E-state index in [0.29, 0.717) is 19.6 Å². The number of rotatable bonds is 8. The third kappa shape index (κ3) is 6.14. The molecule has 0 bridgehead atoms. The van der Waals surface area contributed by atoms with Gasteiger partial charge in [-0.05, 0) is 93.1 Å². The SMILES string of the molecule is CC1=Nc2ccc(C)cc2C1(C)C.CCOC(=O)CCCCCOc1ccc2ccc3c(c2c1)C(C)(C)C(C)=N3. The zero-order chi connectivity index (χ0) is 29.1. The number of aliphatic imine (C=N–C) groups is 2. The minimum Gasteiger partial charge on any atom is -0.494 e. The summed E-state index contributed by atoms with van der Waals surface area (Å²) in [5.74, 6) is 0.781. The van der Waals surface area contributed by atoms with Crippen molar-refractivity contribution >= 4 is 39.5 Å². The minimum atomic E-state index is -0.109. The van der Waals surface area contributed by atoms with E-state index in [0.717, 1.165) is 42.1 Å². The molecule has 3 aromatic carbocycles. The maximum absolute atomic E-state index is 11.3. The summed E-state index contributed by atoms with van der Waals surface area (Å²) in [5.41, 5.74) is 8.63. The highest BCUT2D eigenvalue weighted by Gasteiger charge is 2.34. The Hall–Kier alpha value is -3.47. The second-order valence-corrected chi connectivity index (χ2v) is 12.0. The zero-order valence-electron chi connectivity index (χ0n) is 25.5. The molecular formula is C35H44N2O3. The highest BCUT2D eigenvalue weighted by atomic mass is 16.5. The Morgan fingerprint density at radius 3 is 2.23 bits per heavy atom. The van der Waals surface area contributed by atoms with E-state index < -0.39 is 0 Å². The van der Waals surface area contributed by atoms with Gasteiger partial charge in [0.2, 0.25) is 0 Å². The molecule has 0 atom stereocenters. The molecule has 0 saturated heterocycles. The monoisotopic (exact) mass is 540 g/mol. The van der Waals surface area contributed by atoms with Crippen LogP contribution in [0.3, 0.4) is 0 Å². The molecule has 2 aliphatic heterocycles. The first-order chi connectivity index (χ1) is 18.9. The summed E-state index contributed by atoms with van der Waals surface area (Å²) >= 11 is 0. The summed E-state index contributed by atoms with van der Waals surface area (Å²) in [6.07, 6.45) is 3.22. The van der Waals surface area contributed by atoms with Crippen LogP contribution in [0.2, 0.25) is 0 Å². The van der Waals surface area contributed by atoms with Crippen LogP contribution < -0.4 is 4.74 Å². The van der Waals surface area contributed by atoms with Gasteiger partial charge < -0.3 is 9.47 Å². The Morgan fingerprint density at radius 2 is 1.48 bits per heavy atom. The summed E-state index contributed by atoms with van der Waals surface area (Å²) in [6.45, 7) is 18.2. The number of benzene rings is 3. The number of nitrogens with zero attached hydrogens (tertiary/aromatic N) is 2. The fourth-order valence-electron chi connectivity index (χ4n) is 5.36. The molecule has 40 heavy (non-hydrogen) atoms. The van der Waals surface area contributed by atoms with E-state index in [1.807, 2.05) is 13.0 Å². The molecule has 5 nitrogen and oxygen atoms in total. The molecule has 0 amide bonds. The van der Waals surface area contributed by atoms with Gasteiger partial charge in [0, 0.05) is 28.7 Å². The average Bonchev–Trinajstić information content (AvgIpc) is 3.28. The number of ether oxygens (including phenoxy) is 2. The number of unbranched alkanes of at least 4 members (excludes halogenated alkanes) is 2. The second kappa shape index (κ2) is 12.0. The third-order valence-electron chi connectivity index (χ3n) is 8.41. The van der Waals surface area contributed by atoms with Crippen LogP contribution >= 0.6 is 0 Å². The maximum Gasteiger partial charge on any atom is 0.305 e. The van der Waals surface area contributed by atoms with E-state index in [1.165, 1.54) is 33.2 Å². The van der Waals surface area contributed by atoms with Crippen molar-refractivity contribution in [2.75, 3.05) is 13.2 Å². The van der Waals surface area contributed by atoms with Crippen molar-refractivity contribution in [1.29, 1.82) is 0 Å². The van der Waals surface area contributed by atoms with Gasteiger partial charge in [0.05, 0.1) is 24.6 Å². The van der Waals surface area contributed by atoms with Crippen LogP contribution in [0, 0.1) is 6.92 Å². The number of aryl methyl sites for hydroxylation is 1. The predicted molar refractivity (Wildman–Crippen MR) is 167 cm³/mol. The quantitative estimate of drug-likeness (QED) is 0.211. The first kappa shape index (κ1) is 29.5. The lowest BCUT2D eigenvalue weighted by atomic mass is 9.80. The normalized spacial score (nSPS) is 15.9. The number of fused-ring (bicyclic) bond motifs is 4. The number of hydrogen-bond donors (Lipinski definition) is 0. The lowest BCUT2D eigenvalue weighted by Gasteiger charge is -2.22. The fraction of sp³-hybridized carbons (Fsp3) is 0.457. The van der Waals surface area contributed by atoms with E-state index in [2.05, 4.69) is 95.9 Å². The molecule has 212 valence electrons. The lowest BCUT2D eigenvalue weighted by Crippen LogP contribution is -2.22. The van der Waals surface area contributed by atoms with E-state index >= 15 is 0 Å². The molecule has 3 aromatic rings. The molecule has 0 unspecified atom stereocenters. The van der Waals surface area contributed by atoms with Crippen molar-refractivity contribution in [3.8, 4) is 5.75 Å². The van der Waals surface area contributed by atoms with Crippen LogP contribution in [0.4, 0.5) is 11.4 Å². The van der Waals surface area contributed by atoms with Gasteiger partial charge in [-0.25, -0.2) is 0 Å². The Bertz CT molecular complexity index is 1460. The van der Waals surface area contributed by atoms with Gasteiger partial charge in [0.25, 0.3) is 0 Å². The highest BCUT2D eigenvalue weighted by molar-refractivity contribution is 6.06. The van der Waals surface area contributed by atoms with E-state index in [1.54, 1.807) is 0 Å². The van der Waals surface area contributed by atoms with Gasteiger partial charge in [-0.2, -0.15) is 0 Å². The minimum absolute atomic E-state index is 0.0550. The van der Waals surface area contributed by atoms with Crippen molar-refractivity contribution < 1.29 is 14.3 Å². The van der Waals surface area contributed by atoms with E-state index in [4.69, 9.17) is 14.5 Å². The number of hydrogen-bond acceptors (Lipinski definition) is 5. The molecule has 2 aliphatic rings. The van der Waals surface area contributed by atoms with Crippen LogP contribution in [0.5, 0.6) is 5.75 Å². The van der Waals surface area contributed by atoms with Crippen LogP contribution in [-0.4, -0.2) is 30.6 Å². The number of esters is 1. The van der Waals surface area contributed by atoms with E-state index in [9.17, 15) is 4.79 Å². The Kier molecular flexibility index (Phi) is 8.82. The Labute approximate surface area is 239 Å². The van der Waals surface area contributed by atoms with E-state index in [-0.39, 0.29) is 16.8 Å². The molecule has 0 spiro atoms. The first-order valence-corrected chi connectivity index (χ1v) is 14.5. The first-order valence-electron chi connectivity index (χ1n) is 14.5. The topological polar surface area (TPSA) is 60.2 Å². The van der Waals surface area contributed by atoms with Crippen LogP contribution in [0.25, 0.3) is 10.8 Å². The van der Waals surface area contributed by atoms with Gasteiger partial charge in [0.1, 0.15) is 5.75 Å². The molecule has 0 saturated carbocycles. The summed E-state index contributed by atoms with van der Waals surface area (Å²) in [4.78, 5) is 20.6. The fourth-order valence-corrected chi connectivity index (χ4v) is 5.36. The van der Waals surface area contributed by atoms with Gasteiger partial charge >= 0.3 is 5.97 Å². The highest BCUT2D eigenvalue weighted by Crippen LogP contribution is 2.45. The molecule has 0 fully saturated rings. The summed E-state index contributed by atoms with van der Waals surface area (Å²) < 4.78 is 10.9. The standard InChI is InChI=1S/C23H29NO3.C12H15N/c1-5-26-21(25)9-7-6-8-14-27-18-12-10-17-11-13-20-22(19(17)15-18)23(3,4)16(2)24-20;1-8-5-6-11-10(7-8)12(3,4)9(2)13-11/h10-13,15H,5-9,14H2,1-4H3;5-7H,1-4H3. The molecule has 5 heteroatoms. The van der Waals surface area contributed by atoms with Crippen molar-refractivity contribution in [2.24, 2.45) is 9.98 Å². The third-order valence-corrected chi connectivity index (χ3v) is 8.41. The number of carbonyl (C=O) groups is 1. The number of carbonyl (C=O) groups excluding carboxylic acids is 1. The largest absolute Gasteiger partial charge is 0.494 e. The van der Waals surface area contributed by atoms with Crippen molar-refractivity contribution in [1.82, 2.24) is 0 Å². The molecule has 0 aromatic heterocycles. The van der Waals surface area contributed by atoms with Gasteiger partial charge in [-0.3, -0.25) is 14.8 Å². The molecule has 0 aliphatic carbocycles. The van der Waals surface area contributed by atoms with Crippen molar-refractivity contribution in [3.05, 3.63) is 65.2 Å². The van der Waals surface area contributed by atoms with Gasteiger partial charge in [-0.1, -0.05) is 57.5 Å². The molecule has 2 heterocycles. The van der Waals surface area contributed by atoms with Crippen LogP contribution in [0.15, 0.2) is 58.5 Å². The smallest absolute Gasteiger partial charge is 0.305 e. The molecule has 5 rings (SSSR count). The van der Waals surface area contributed by atoms with Crippen LogP contribution in [0.1, 0.15) is 90.8 Å².